The molecule has 0 bridgehead atoms. The van der Waals surface area contributed by atoms with Crippen molar-refractivity contribution in [2.45, 2.75) is 18.6 Å². The molecule has 1 saturated heterocycles. The highest BCUT2D eigenvalue weighted by atomic mass is 19.4. The van der Waals surface area contributed by atoms with Crippen LogP contribution in [0.3, 0.4) is 0 Å². The first-order chi connectivity index (χ1) is 20.6. The van der Waals surface area contributed by atoms with Gasteiger partial charge in [-0.25, -0.2) is 9.38 Å². The van der Waals surface area contributed by atoms with Crippen LogP contribution in [0.15, 0.2) is 65.7 Å². The van der Waals surface area contributed by atoms with E-state index in [0.29, 0.717) is 31.9 Å². The van der Waals surface area contributed by atoms with Gasteiger partial charge in [0, 0.05) is 50.6 Å². The number of benzene rings is 3. The number of methoxy groups -OCH3 is 2. The zero-order chi connectivity index (χ0) is 31.3. The van der Waals surface area contributed by atoms with Crippen LogP contribution in [0, 0.1) is 5.82 Å². The van der Waals surface area contributed by atoms with E-state index in [-0.39, 0.29) is 28.6 Å². The number of aliphatic hydroxyl groups excluding tert-OH is 1. The maximum Gasteiger partial charge on any atom is 0.416 e. The number of alkyl halides is 3. The minimum atomic E-state index is -4.66. The van der Waals surface area contributed by atoms with Crippen molar-refractivity contribution in [3.8, 4) is 11.5 Å². The van der Waals surface area contributed by atoms with Gasteiger partial charge in [-0.05, 0) is 36.4 Å². The fourth-order valence-corrected chi connectivity index (χ4v) is 5.24. The molecule has 1 atom stereocenters. The van der Waals surface area contributed by atoms with Crippen molar-refractivity contribution < 1.29 is 42.0 Å². The normalized spacial score (nSPS) is 16.5. The third-order valence-corrected chi connectivity index (χ3v) is 7.23. The topological polar surface area (TPSA) is 98.1 Å². The summed E-state index contributed by atoms with van der Waals surface area (Å²) in [4.78, 5) is 22.0. The number of hydrogen-bond donors (Lipinski definition) is 2. The number of carboxylic acid groups (broad SMARTS) is 1. The number of aliphatic carboxylic acids is 1. The molecule has 0 aliphatic carbocycles. The molecule has 43 heavy (non-hydrogen) atoms. The van der Waals surface area contributed by atoms with Crippen LogP contribution in [0.2, 0.25) is 0 Å². The van der Waals surface area contributed by atoms with Crippen LogP contribution in [0.1, 0.15) is 23.6 Å². The number of nitrogens with zero attached hydrogens (tertiary/aromatic N) is 4. The van der Waals surface area contributed by atoms with Crippen molar-refractivity contribution >= 4 is 29.0 Å². The molecular formula is C30H32F4N4O5. The Bertz CT molecular complexity index is 1480. The lowest BCUT2D eigenvalue weighted by Gasteiger charge is -2.45. The molecule has 0 radical (unpaired) electrons. The SMILES string of the molecule is CO.COc1cccc(N2CCN(C3=Nc4c(F)cccc4[C@H](CC(=O)O)N3c3cc(C(F)(F)F)ccc3OC)CC2)c1. The van der Waals surface area contributed by atoms with Crippen molar-refractivity contribution in [2.75, 3.05) is 57.3 Å². The lowest BCUT2D eigenvalue weighted by Crippen LogP contribution is -2.55. The van der Waals surface area contributed by atoms with Crippen molar-refractivity contribution in [1.82, 2.24) is 4.90 Å². The van der Waals surface area contributed by atoms with E-state index in [0.717, 1.165) is 24.9 Å². The highest BCUT2D eigenvalue weighted by Crippen LogP contribution is 2.46. The number of piperazine rings is 1. The summed E-state index contributed by atoms with van der Waals surface area (Å²) >= 11 is 0. The Morgan fingerprint density at radius 3 is 2.26 bits per heavy atom. The van der Waals surface area contributed by atoms with E-state index in [9.17, 15) is 23.1 Å². The van der Waals surface area contributed by atoms with E-state index in [1.807, 2.05) is 29.2 Å². The third-order valence-electron chi connectivity index (χ3n) is 7.23. The van der Waals surface area contributed by atoms with E-state index in [1.54, 1.807) is 13.2 Å². The number of ether oxygens (including phenoxy) is 2. The van der Waals surface area contributed by atoms with E-state index < -0.39 is 36.0 Å². The van der Waals surface area contributed by atoms with Crippen molar-refractivity contribution in [1.29, 1.82) is 0 Å². The fourth-order valence-electron chi connectivity index (χ4n) is 5.24. The van der Waals surface area contributed by atoms with Crippen LogP contribution in [0.25, 0.3) is 0 Å². The number of halogens is 4. The maximum absolute atomic E-state index is 15.1. The second kappa shape index (κ2) is 13.2. The molecule has 3 aromatic rings. The molecule has 2 aliphatic rings. The average Bonchev–Trinajstić information content (AvgIpc) is 3.01. The van der Waals surface area contributed by atoms with Gasteiger partial charge in [-0.1, -0.05) is 18.2 Å². The zero-order valence-electron chi connectivity index (χ0n) is 23.8. The number of carboxylic acids is 1. The highest BCUT2D eigenvalue weighted by molar-refractivity contribution is 6.02. The zero-order valence-corrected chi connectivity index (χ0v) is 23.8. The molecule has 0 saturated carbocycles. The van der Waals surface area contributed by atoms with E-state index >= 15 is 4.39 Å². The number of para-hydroxylation sites is 1. The number of guanidine groups is 1. The van der Waals surface area contributed by atoms with Gasteiger partial charge >= 0.3 is 12.1 Å². The van der Waals surface area contributed by atoms with Gasteiger partial charge in [0.05, 0.1) is 37.9 Å². The minimum Gasteiger partial charge on any atom is -0.497 e. The van der Waals surface area contributed by atoms with Crippen LogP contribution in [-0.4, -0.2) is 74.6 Å². The number of fused-ring (bicyclic) bond motifs is 1. The fraction of sp³-hybridized carbons (Fsp3) is 0.333. The summed E-state index contributed by atoms with van der Waals surface area (Å²) in [7, 11) is 3.90. The molecule has 1 fully saturated rings. The monoisotopic (exact) mass is 604 g/mol. The molecule has 2 heterocycles. The summed E-state index contributed by atoms with van der Waals surface area (Å²) in [5, 5.41) is 16.8. The highest BCUT2D eigenvalue weighted by Gasteiger charge is 2.40. The van der Waals surface area contributed by atoms with Crippen LogP contribution in [-0.2, 0) is 11.0 Å². The van der Waals surface area contributed by atoms with Gasteiger partial charge in [0.1, 0.15) is 23.0 Å². The average molecular weight is 605 g/mol. The van der Waals surface area contributed by atoms with Crippen molar-refractivity contribution in [2.24, 2.45) is 4.99 Å². The molecule has 0 aromatic heterocycles. The molecule has 13 heteroatoms. The molecule has 2 aliphatic heterocycles. The van der Waals surface area contributed by atoms with E-state index in [1.165, 1.54) is 30.2 Å². The molecule has 5 rings (SSSR count). The first-order valence-corrected chi connectivity index (χ1v) is 13.3. The summed E-state index contributed by atoms with van der Waals surface area (Å²) in [6.07, 6.45) is -5.18. The molecule has 0 amide bonds. The summed E-state index contributed by atoms with van der Waals surface area (Å²) in [5.74, 6) is -0.910. The summed E-state index contributed by atoms with van der Waals surface area (Å²) in [5.41, 5.74) is 0.204. The van der Waals surface area contributed by atoms with Gasteiger partial charge in [0.2, 0.25) is 5.96 Å². The van der Waals surface area contributed by atoms with E-state index in [2.05, 4.69) is 9.89 Å². The number of aliphatic hydroxyl groups is 1. The largest absolute Gasteiger partial charge is 0.497 e. The molecule has 9 nitrogen and oxygen atoms in total. The van der Waals surface area contributed by atoms with Crippen molar-refractivity contribution in [3.63, 3.8) is 0 Å². The van der Waals surface area contributed by atoms with Crippen LogP contribution in [0.4, 0.5) is 34.6 Å². The Kier molecular flexibility index (Phi) is 9.64. The molecule has 2 N–H and O–H groups in total. The van der Waals surface area contributed by atoms with Crippen LogP contribution < -0.4 is 19.3 Å². The second-order valence-electron chi connectivity index (χ2n) is 9.63. The lowest BCUT2D eigenvalue weighted by molar-refractivity contribution is -0.138. The molecule has 0 unspecified atom stereocenters. The molecular weight excluding hydrogens is 572 g/mol. The summed E-state index contributed by atoms with van der Waals surface area (Å²) in [6.45, 7) is 1.82. The van der Waals surface area contributed by atoms with Gasteiger partial charge in [0.15, 0.2) is 0 Å². The first-order valence-electron chi connectivity index (χ1n) is 13.3. The molecule has 230 valence electrons. The number of anilines is 2. The smallest absolute Gasteiger partial charge is 0.416 e. The summed E-state index contributed by atoms with van der Waals surface area (Å²) in [6, 6.07) is 13.7. The Morgan fingerprint density at radius 1 is 0.953 bits per heavy atom. The predicted octanol–water partition coefficient (Wildman–Crippen LogP) is 5.32. The number of carbonyl (C=O) groups is 1. The molecule has 0 spiro atoms. The lowest BCUT2D eigenvalue weighted by atomic mass is 9.96. The quantitative estimate of drug-likeness (QED) is 0.365. The van der Waals surface area contributed by atoms with Crippen molar-refractivity contribution in [3.05, 3.63) is 77.6 Å². The second-order valence-corrected chi connectivity index (χ2v) is 9.63. The van der Waals surface area contributed by atoms with Gasteiger partial charge < -0.3 is 34.4 Å². The Balaban J connectivity index is 0.00000207. The van der Waals surface area contributed by atoms with Gasteiger partial charge in [0.25, 0.3) is 0 Å². The number of hydrogen-bond acceptors (Lipinski definition) is 8. The first kappa shape index (κ1) is 31.4. The Morgan fingerprint density at radius 2 is 1.63 bits per heavy atom. The third kappa shape index (κ3) is 6.61. The maximum atomic E-state index is 15.1. The Hall–Kier alpha value is -4.52. The van der Waals surface area contributed by atoms with Gasteiger partial charge in [-0.3, -0.25) is 4.79 Å². The van der Waals surface area contributed by atoms with Crippen LogP contribution in [0.5, 0.6) is 11.5 Å². The molecule has 3 aromatic carbocycles. The van der Waals surface area contributed by atoms with Gasteiger partial charge in [-0.2, -0.15) is 13.2 Å². The van der Waals surface area contributed by atoms with E-state index in [4.69, 9.17) is 14.6 Å². The standard InChI is InChI=1S/C29H28F4N4O4.CH4O/c1-40-20-6-3-5-19(16-20)35-11-13-36(14-12-35)28-34-27-21(7-4-8-22(27)30)23(17-26(38)39)37(28)24-15-18(29(31,32)33)9-10-25(24)41-2;1-2/h3-10,15-16,23H,11-14,17H2,1-2H3,(H,38,39);2H,1H3/t23-;/m0./s1. The number of aliphatic imine (C=N–C) groups is 1. The van der Waals surface area contributed by atoms with Crippen LogP contribution >= 0.6 is 0 Å². The number of rotatable bonds is 6. The minimum absolute atomic E-state index is 0.0162. The Labute approximate surface area is 246 Å². The predicted molar refractivity (Wildman–Crippen MR) is 154 cm³/mol. The summed E-state index contributed by atoms with van der Waals surface area (Å²) < 4.78 is 67.3. The van der Waals surface area contributed by atoms with Gasteiger partial charge in [-0.15, -0.1) is 0 Å².